The van der Waals surface area contributed by atoms with Crippen molar-refractivity contribution >= 4 is 17.7 Å². The van der Waals surface area contributed by atoms with E-state index in [1.807, 2.05) is 25.7 Å². The lowest BCUT2D eigenvalue weighted by Gasteiger charge is -2.43. The number of amides is 1. The largest absolute Gasteiger partial charge is 0.473 e. The van der Waals surface area contributed by atoms with Crippen LogP contribution < -0.4 is 4.74 Å². The first kappa shape index (κ1) is 17.3. The smallest absolute Gasteiger partial charge is 0.410 e. The SMILES string of the molecule is C[C@H]1[C@@H](Oc2cncc(Cl)n2)C[C@H]2CC[C@@H]1N2C(=O)OC(C)(C)C. The molecule has 24 heavy (non-hydrogen) atoms. The fraction of sp³-hybridized carbons (Fsp3) is 0.706. The molecule has 1 aromatic rings. The van der Waals surface area contributed by atoms with E-state index in [0.29, 0.717) is 11.0 Å². The molecule has 0 unspecified atom stereocenters. The molecule has 2 aliphatic heterocycles. The molecule has 0 N–H and O–H groups in total. The predicted octanol–water partition coefficient (Wildman–Crippen LogP) is 3.69. The Morgan fingerprint density at radius 2 is 2.08 bits per heavy atom. The van der Waals surface area contributed by atoms with Gasteiger partial charge in [0.25, 0.3) is 0 Å². The van der Waals surface area contributed by atoms with Gasteiger partial charge < -0.3 is 14.4 Å². The molecule has 0 radical (unpaired) electrons. The number of hydrogen-bond acceptors (Lipinski definition) is 5. The summed E-state index contributed by atoms with van der Waals surface area (Å²) in [5.74, 6) is 0.626. The van der Waals surface area contributed by atoms with Crippen LogP contribution in [0, 0.1) is 5.92 Å². The van der Waals surface area contributed by atoms with Crippen LogP contribution in [-0.2, 0) is 4.74 Å². The number of fused-ring (bicyclic) bond motifs is 2. The van der Waals surface area contributed by atoms with Crippen LogP contribution in [0.25, 0.3) is 0 Å². The molecule has 0 aliphatic carbocycles. The molecule has 132 valence electrons. The lowest BCUT2D eigenvalue weighted by molar-refractivity contribution is -0.0273. The van der Waals surface area contributed by atoms with E-state index in [1.165, 1.54) is 6.20 Å². The number of nitrogens with zero attached hydrogens (tertiary/aromatic N) is 3. The first-order chi connectivity index (χ1) is 11.2. The predicted molar refractivity (Wildman–Crippen MR) is 90.1 cm³/mol. The third-order valence-electron chi connectivity index (χ3n) is 4.70. The Hall–Kier alpha value is -1.56. The maximum atomic E-state index is 12.6. The lowest BCUT2D eigenvalue weighted by Crippen LogP contribution is -2.55. The maximum absolute atomic E-state index is 12.6. The monoisotopic (exact) mass is 353 g/mol. The van der Waals surface area contributed by atoms with Crippen molar-refractivity contribution < 1.29 is 14.3 Å². The summed E-state index contributed by atoms with van der Waals surface area (Å²) in [4.78, 5) is 22.6. The van der Waals surface area contributed by atoms with Gasteiger partial charge in [0.1, 0.15) is 11.7 Å². The number of hydrogen-bond donors (Lipinski definition) is 0. The zero-order valence-corrected chi connectivity index (χ0v) is 15.3. The Bertz CT molecular complexity index is 619. The van der Waals surface area contributed by atoms with Gasteiger partial charge in [-0.3, -0.25) is 4.98 Å². The van der Waals surface area contributed by atoms with E-state index in [-0.39, 0.29) is 30.2 Å². The summed E-state index contributed by atoms with van der Waals surface area (Å²) in [6, 6.07) is 0.286. The molecule has 0 saturated carbocycles. The molecule has 2 aliphatic rings. The Kier molecular flexibility index (Phi) is 4.60. The van der Waals surface area contributed by atoms with Crippen molar-refractivity contribution in [3.8, 4) is 5.88 Å². The Labute approximate surface area is 147 Å². The summed E-state index contributed by atoms with van der Waals surface area (Å²) in [5.41, 5.74) is -0.483. The van der Waals surface area contributed by atoms with Gasteiger partial charge in [0, 0.05) is 24.4 Å². The highest BCUT2D eigenvalue weighted by Crippen LogP contribution is 2.41. The summed E-state index contributed by atoms with van der Waals surface area (Å²) in [7, 11) is 0. The number of halogens is 1. The van der Waals surface area contributed by atoms with Crippen molar-refractivity contribution in [2.24, 2.45) is 5.92 Å². The van der Waals surface area contributed by atoms with E-state index in [4.69, 9.17) is 21.1 Å². The zero-order chi connectivity index (χ0) is 17.5. The second-order valence-electron chi connectivity index (χ2n) is 7.62. The minimum atomic E-state index is -0.483. The summed E-state index contributed by atoms with van der Waals surface area (Å²) >= 11 is 5.87. The average Bonchev–Trinajstić information content (AvgIpc) is 2.81. The summed E-state index contributed by atoms with van der Waals surface area (Å²) in [5, 5.41) is 0.314. The summed E-state index contributed by atoms with van der Waals surface area (Å²) in [6.45, 7) is 7.80. The molecular formula is C17H24ClN3O3. The van der Waals surface area contributed by atoms with E-state index >= 15 is 0 Å². The van der Waals surface area contributed by atoms with E-state index < -0.39 is 5.60 Å². The zero-order valence-electron chi connectivity index (χ0n) is 14.5. The molecule has 0 spiro atoms. The summed E-state index contributed by atoms with van der Waals surface area (Å²) in [6.07, 6.45) is 5.55. The second kappa shape index (κ2) is 6.39. The van der Waals surface area contributed by atoms with Crippen molar-refractivity contribution in [2.45, 2.75) is 70.7 Å². The third-order valence-corrected chi connectivity index (χ3v) is 4.89. The van der Waals surface area contributed by atoms with Crippen LogP contribution in [0.3, 0.4) is 0 Å². The molecule has 2 bridgehead atoms. The van der Waals surface area contributed by atoms with Crippen LogP contribution >= 0.6 is 11.6 Å². The fourth-order valence-corrected chi connectivity index (χ4v) is 3.82. The van der Waals surface area contributed by atoms with Crippen molar-refractivity contribution in [3.05, 3.63) is 17.5 Å². The highest BCUT2D eigenvalue weighted by Gasteiger charge is 2.49. The van der Waals surface area contributed by atoms with Crippen LogP contribution in [0.1, 0.15) is 47.0 Å². The van der Waals surface area contributed by atoms with Gasteiger partial charge in [-0.15, -0.1) is 0 Å². The molecule has 6 nitrogen and oxygen atoms in total. The number of carbonyl (C=O) groups excluding carboxylic acids is 1. The highest BCUT2D eigenvalue weighted by atomic mass is 35.5. The Balaban J connectivity index is 1.71. The third kappa shape index (κ3) is 3.58. The molecule has 1 aromatic heterocycles. The van der Waals surface area contributed by atoms with Crippen LogP contribution in [0.4, 0.5) is 4.79 Å². The van der Waals surface area contributed by atoms with Gasteiger partial charge in [-0.05, 0) is 33.6 Å². The van der Waals surface area contributed by atoms with Gasteiger partial charge in [0.15, 0.2) is 5.15 Å². The van der Waals surface area contributed by atoms with Crippen LogP contribution in [0.2, 0.25) is 5.15 Å². The van der Waals surface area contributed by atoms with Crippen molar-refractivity contribution in [3.63, 3.8) is 0 Å². The maximum Gasteiger partial charge on any atom is 0.410 e. The van der Waals surface area contributed by atoms with Crippen LogP contribution in [-0.4, -0.2) is 44.7 Å². The van der Waals surface area contributed by atoms with Gasteiger partial charge in [-0.2, -0.15) is 4.98 Å². The molecule has 3 rings (SSSR count). The van der Waals surface area contributed by atoms with Gasteiger partial charge in [0.05, 0.1) is 12.4 Å². The van der Waals surface area contributed by atoms with Crippen molar-refractivity contribution in [1.82, 2.24) is 14.9 Å². The molecular weight excluding hydrogens is 330 g/mol. The van der Waals surface area contributed by atoms with E-state index in [2.05, 4.69) is 16.9 Å². The highest BCUT2D eigenvalue weighted by molar-refractivity contribution is 6.29. The summed E-state index contributed by atoms with van der Waals surface area (Å²) < 4.78 is 11.6. The van der Waals surface area contributed by atoms with E-state index in [0.717, 1.165) is 19.3 Å². The first-order valence-corrected chi connectivity index (χ1v) is 8.78. The Morgan fingerprint density at radius 1 is 1.33 bits per heavy atom. The minimum absolute atomic E-state index is 0.00560. The van der Waals surface area contributed by atoms with Crippen LogP contribution in [0.15, 0.2) is 12.4 Å². The first-order valence-electron chi connectivity index (χ1n) is 8.40. The molecule has 2 saturated heterocycles. The Morgan fingerprint density at radius 3 is 2.75 bits per heavy atom. The molecule has 3 heterocycles. The standard InChI is InChI=1S/C17H24ClN3O3/c1-10-12-6-5-11(21(12)16(22)24-17(2,3)4)7-13(10)23-15-9-19-8-14(18)20-15/h8-13H,5-7H2,1-4H3/t10-,11-,12+,13+/m1/s1. The average molecular weight is 354 g/mol. The normalized spacial score (nSPS) is 29.5. The molecule has 0 aromatic carbocycles. The number of rotatable bonds is 2. The van der Waals surface area contributed by atoms with Gasteiger partial charge in [0.2, 0.25) is 5.88 Å². The van der Waals surface area contributed by atoms with Gasteiger partial charge in [-0.1, -0.05) is 18.5 Å². The number of aromatic nitrogens is 2. The number of carbonyl (C=O) groups is 1. The lowest BCUT2D eigenvalue weighted by atomic mass is 9.89. The topological polar surface area (TPSA) is 64.6 Å². The number of piperidine rings is 1. The second-order valence-corrected chi connectivity index (χ2v) is 8.00. The quantitative estimate of drug-likeness (QED) is 0.811. The fourth-order valence-electron chi connectivity index (χ4n) is 3.68. The molecule has 2 fully saturated rings. The number of ether oxygens (including phenoxy) is 2. The minimum Gasteiger partial charge on any atom is -0.473 e. The van der Waals surface area contributed by atoms with E-state index in [1.54, 1.807) is 6.20 Å². The van der Waals surface area contributed by atoms with Crippen molar-refractivity contribution in [2.75, 3.05) is 0 Å². The molecule has 1 amide bonds. The van der Waals surface area contributed by atoms with Crippen molar-refractivity contribution in [1.29, 1.82) is 0 Å². The van der Waals surface area contributed by atoms with Gasteiger partial charge >= 0.3 is 6.09 Å². The van der Waals surface area contributed by atoms with E-state index in [9.17, 15) is 4.79 Å². The van der Waals surface area contributed by atoms with Gasteiger partial charge in [-0.25, -0.2) is 4.79 Å². The van der Waals surface area contributed by atoms with Crippen LogP contribution in [0.5, 0.6) is 5.88 Å². The molecule has 7 heteroatoms. The molecule has 4 atom stereocenters.